The molecule has 3 rings (SSSR count). The van der Waals surface area contributed by atoms with Gasteiger partial charge in [0.15, 0.2) is 0 Å². The van der Waals surface area contributed by atoms with E-state index in [0.29, 0.717) is 17.1 Å². The molecule has 0 saturated carbocycles. The monoisotopic (exact) mass is 379 g/mol. The van der Waals surface area contributed by atoms with Crippen LogP contribution in [0, 0.1) is 10.1 Å². The lowest BCUT2D eigenvalue weighted by Crippen LogP contribution is -2.22. The molecule has 0 spiro atoms. The zero-order chi connectivity index (χ0) is 20.1. The quantitative estimate of drug-likeness (QED) is 0.386. The summed E-state index contributed by atoms with van der Waals surface area (Å²) >= 11 is 0. The first kappa shape index (κ1) is 18.5. The van der Waals surface area contributed by atoms with E-state index >= 15 is 0 Å². The number of rotatable bonds is 6. The fraction of sp³-hybridized carbons (Fsp3) is 0. The van der Waals surface area contributed by atoms with Crippen molar-refractivity contribution in [2.24, 2.45) is 5.10 Å². The number of pyridine rings is 1. The van der Waals surface area contributed by atoms with Crippen LogP contribution in [0.5, 0.6) is 0 Å². The second-order valence-corrected chi connectivity index (χ2v) is 5.43. The molecule has 1 aromatic carbocycles. The number of amides is 1. The maximum atomic E-state index is 11.9. The summed E-state index contributed by atoms with van der Waals surface area (Å²) in [6.07, 6.45) is 2.22. The molecular weight excluding hydrogens is 368 g/mol. The Kier molecular flexibility index (Phi) is 5.21. The molecule has 28 heavy (non-hydrogen) atoms. The SMILES string of the molecule is O=C([O-])c1cccc(-c2ccc(/C=N\NC(=O)c3ccc([N+](=O)[O-])cn3)o2)c1. The maximum absolute atomic E-state index is 11.9. The summed E-state index contributed by atoms with van der Waals surface area (Å²) in [5.74, 6) is -1.23. The minimum atomic E-state index is -1.29. The molecule has 0 bridgehead atoms. The molecular formula is C18H11N4O6-. The molecule has 1 N–H and O–H groups in total. The summed E-state index contributed by atoms with van der Waals surface area (Å²) in [6.45, 7) is 0. The first-order valence-electron chi connectivity index (χ1n) is 7.79. The van der Waals surface area contributed by atoms with Crippen LogP contribution in [0.4, 0.5) is 5.69 Å². The highest BCUT2D eigenvalue weighted by Crippen LogP contribution is 2.22. The number of nitrogens with zero attached hydrogens (tertiary/aromatic N) is 3. The molecule has 0 aliphatic carbocycles. The number of hydrazone groups is 1. The van der Waals surface area contributed by atoms with Crippen LogP contribution < -0.4 is 10.5 Å². The number of hydrogen-bond donors (Lipinski definition) is 1. The Hall–Kier alpha value is -4.34. The minimum absolute atomic E-state index is 0.0204. The summed E-state index contributed by atoms with van der Waals surface area (Å²) in [5.41, 5.74) is 2.51. The Morgan fingerprint density at radius 3 is 2.68 bits per heavy atom. The van der Waals surface area contributed by atoms with Gasteiger partial charge in [0.25, 0.3) is 11.6 Å². The van der Waals surface area contributed by atoms with Crippen molar-refractivity contribution in [3.8, 4) is 11.3 Å². The van der Waals surface area contributed by atoms with Crippen molar-refractivity contribution in [3.05, 3.63) is 81.9 Å². The van der Waals surface area contributed by atoms with E-state index in [-0.39, 0.29) is 16.9 Å². The van der Waals surface area contributed by atoms with Gasteiger partial charge in [-0.15, -0.1) is 0 Å². The zero-order valence-electron chi connectivity index (χ0n) is 14.1. The molecule has 10 nitrogen and oxygen atoms in total. The second kappa shape index (κ2) is 7.91. The van der Waals surface area contributed by atoms with Gasteiger partial charge in [-0.3, -0.25) is 14.9 Å². The predicted molar refractivity (Wildman–Crippen MR) is 94.4 cm³/mol. The van der Waals surface area contributed by atoms with Crippen LogP contribution in [0.3, 0.4) is 0 Å². The molecule has 1 amide bonds. The van der Waals surface area contributed by atoms with E-state index in [4.69, 9.17) is 4.42 Å². The summed E-state index contributed by atoms with van der Waals surface area (Å²) < 4.78 is 5.53. The Morgan fingerprint density at radius 2 is 2.00 bits per heavy atom. The predicted octanol–water partition coefficient (Wildman–Crippen LogP) is 1.38. The fourth-order valence-electron chi connectivity index (χ4n) is 2.22. The van der Waals surface area contributed by atoms with Crippen LogP contribution in [0.2, 0.25) is 0 Å². The molecule has 10 heteroatoms. The summed E-state index contributed by atoms with van der Waals surface area (Å²) in [4.78, 5) is 36.4. The van der Waals surface area contributed by atoms with Crippen molar-refractivity contribution in [1.29, 1.82) is 0 Å². The van der Waals surface area contributed by atoms with Crippen molar-refractivity contribution in [3.63, 3.8) is 0 Å². The van der Waals surface area contributed by atoms with Gasteiger partial charge in [0.05, 0.1) is 17.1 Å². The summed E-state index contributed by atoms with van der Waals surface area (Å²) in [5, 5.41) is 25.2. The fourth-order valence-corrected chi connectivity index (χ4v) is 2.22. The van der Waals surface area contributed by atoms with Crippen LogP contribution >= 0.6 is 0 Å². The number of aromatic carboxylic acids is 1. The third-order valence-electron chi connectivity index (χ3n) is 3.56. The maximum Gasteiger partial charge on any atom is 0.289 e. The van der Waals surface area contributed by atoms with E-state index in [1.165, 1.54) is 24.4 Å². The molecule has 0 saturated heterocycles. The van der Waals surface area contributed by atoms with Crippen molar-refractivity contribution in [2.75, 3.05) is 0 Å². The zero-order valence-corrected chi connectivity index (χ0v) is 14.1. The molecule has 0 unspecified atom stereocenters. The number of carbonyl (C=O) groups is 2. The first-order valence-corrected chi connectivity index (χ1v) is 7.79. The van der Waals surface area contributed by atoms with Gasteiger partial charge in [0.1, 0.15) is 23.4 Å². The Bertz CT molecular complexity index is 1070. The molecule has 0 fully saturated rings. The molecule has 2 aromatic heterocycles. The van der Waals surface area contributed by atoms with E-state index in [2.05, 4.69) is 15.5 Å². The molecule has 0 atom stereocenters. The van der Waals surface area contributed by atoms with Gasteiger partial charge in [-0.1, -0.05) is 18.2 Å². The van der Waals surface area contributed by atoms with Crippen LogP contribution in [-0.2, 0) is 0 Å². The topological polar surface area (TPSA) is 151 Å². The number of furan rings is 1. The lowest BCUT2D eigenvalue weighted by Gasteiger charge is -2.03. The van der Waals surface area contributed by atoms with Gasteiger partial charge in [-0.05, 0) is 29.8 Å². The lowest BCUT2D eigenvalue weighted by atomic mass is 10.1. The molecule has 0 aliphatic rings. The van der Waals surface area contributed by atoms with Crippen LogP contribution in [-0.4, -0.2) is 28.0 Å². The van der Waals surface area contributed by atoms with Gasteiger partial charge < -0.3 is 14.3 Å². The average Bonchev–Trinajstić information content (AvgIpc) is 3.17. The Morgan fingerprint density at radius 1 is 1.18 bits per heavy atom. The minimum Gasteiger partial charge on any atom is -0.545 e. The lowest BCUT2D eigenvalue weighted by molar-refractivity contribution is -0.385. The van der Waals surface area contributed by atoms with E-state index in [0.717, 1.165) is 12.3 Å². The molecule has 0 aliphatic heterocycles. The van der Waals surface area contributed by atoms with E-state index < -0.39 is 16.8 Å². The molecule has 2 heterocycles. The standard InChI is InChI=1S/C18H12N4O6/c23-17(15-6-4-13(9-19-15)22(26)27)21-20-10-14-5-7-16(28-14)11-2-1-3-12(8-11)18(24)25/h1-10H,(H,21,23)(H,24,25)/p-1/b20-10-. The second-order valence-electron chi connectivity index (χ2n) is 5.43. The Labute approximate surface area is 157 Å². The number of carbonyl (C=O) groups excluding carboxylic acids is 2. The summed E-state index contributed by atoms with van der Waals surface area (Å²) in [7, 11) is 0. The van der Waals surface area contributed by atoms with E-state index in [1.54, 1.807) is 24.3 Å². The van der Waals surface area contributed by atoms with Crippen molar-refractivity contribution >= 4 is 23.8 Å². The summed E-state index contributed by atoms with van der Waals surface area (Å²) in [6, 6.07) is 11.6. The van der Waals surface area contributed by atoms with Gasteiger partial charge in [-0.2, -0.15) is 5.10 Å². The van der Waals surface area contributed by atoms with E-state index in [1.807, 2.05) is 0 Å². The van der Waals surface area contributed by atoms with Crippen LogP contribution in [0.1, 0.15) is 26.6 Å². The number of carboxylic acids is 1. The van der Waals surface area contributed by atoms with Crippen LogP contribution in [0.15, 0.2) is 64.2 Å². The van der Waals surface area contributed by atoms with Gasteiger partial charge in [0.2, 0.25) is 0 Å². The number of aromatic nitrogens is 1. The van der Waals surface area contributed by atoms with Gasteiger partial charge in [-0.25, -0.2) is 10.4 Å². The highest BCUT2D eigenvalue weighted by Gasteiger charge is 2.10. The van der Waals surface area contributed by atoms with Gasteiger partial charge >= 0.3 is 0 Å². The van der Waals surface area contributed by atoms with Crippen molar-refractivity contribution in [1.82, 2.24) is 10.4 Å². The molecule has 0 radical (unpaired) electrons. The number of hydrogen-bond acceptors (Lipinski definition) is 8. The highest BCUT2D eigenvalue weighted by atomic mass is 16.6. The number of benzene rings is 1. The Balaban J connectivity index is 1.65. The normalized spacial score (nSPS) is 10.7. The smallest absolute Gasteiger partial charge is 0.289 e. The number of nitro groups is 1. The number of nitrogens with one attached hydrogen (secondary N) is 1. The average molecular weight is 379 g/mol. The van der Waals surface area contributed by atoms with Crippen molar-refractivity contribution < 1.29 is 24.0 Å². The third kappa shape index (κ3) is 4.25. The largest absolute Gasteiger partial charge is 0.545 e. The molecule has 140 valence electrons. The van der Waals surface area contributed by atoms with Crippen LogP contribution in [0.25, 0.3) is 11.3 Å². The number of carboxylic acid groups (broad SMARTS) is 1. The first-order chi connectivity index (χ1) is 13.4. The van der Waals surface area contributed by atoms with E-state index in [9.17, 15) is 24.8 Å². The van der Waals surface area contributed by atoms with Crippen molar-refractivity contribution in [2.45, 2.75) is 0 Å². The molecule has 3 aromatic rings. The highest BCUT2D eigenvalue weighted by molar-refractivity contribution is 5.93. The van der Waals surface area contributed by atoms with Gasteiger partial charge in [0, 0.05) is 11.6 Å². The third-order valence-corrected chi connectivity index (χ3v) is 3.56.